The summed E-state index contributed by atoms with van der Waals surface area (Å²) < 4.78 is 10.6. The van der Waals surface area contributed by atoms with Gasteiger partial charge in [0.25, 0.3) is 0 Å². The normalized spacial score (nSPS) is 23.9. The number of benzene rings is 1. The Morgan fingerprint density at radius 2 is 1.97 bits per heavy atom. The number of carbonyl (C=O) groups is 2. The maximum absolute atomic E-state index is 13.3. The van der Waals surface area contributed by atoms with Crippen molar-refractivity contribution in [3.63, 3.8) is 0 Å². The second kappa shape index (κ2) is 11.3. The molecule has 1 fully saturated rings. The number of aliphatic hydroxyl groups is 2. The Kier molecular flexibility index (Phi) is 8.73. The van der Waals surface area contributed by atoms with Crippen LogP contribution in [0.5, 0.6) is 0 Å². The van der Waals surface area contributed by atoms with Gasteiger partial charge in [0.05, 0.1) is 37.5 Å². The van der Waals surface area contributed by atoms with Crippen LogP contribution in [0.4, 0.5) is 4.79 Å². The maximum atomic E-state index is 13.3. The van der Waals surface area contributed by atoms with Crippen LogP contribution in [0.1, 0.15) is 64.1 Å². The van der Waals surface area contributed by atoms with E-state index in [1.54, 1.807) is 4.90 Å². The number of rotatable bonds is 9. The Morgan fingerprint density at radius 1 is 1.24 bits per heavy atom. The SMILES string of the molecule is CC(C)[C@H](NC(=O)O[C@H]1CCOC1)[C@@H](O)CCC(=O)N(C(C)C)[C@H]1c2ccccc2C[C@H]1O. The van der Waals surface area contributed by atoms with Gasteiger partial charge < -0.3 is 29.9 Å². The molecule has 0 aromatic heterocycles. The van der Waals surface area contributed by atoms with Crippen LogP contribution in [0.15, 0.2) is 24.3 Å². The lowest BCUT2D eigenvalue weighted by Gasteiger charge is -2.36. The Morgan fingerprint density at radius 3 is 2.61 bits per heavy atom. The van der Waals surface area contributed by atoms with Crippen LogP contribution < -0.4 is 5.32 Å². The highest BCUT2D eigenvalue weighted by Gasteiger charge is 2.39. The molecule has 5 atom stereocenters. The van der Waals surface area contributed by atoms with Crippen molar-refractivity contribution >= 4 is 12.0 Å². The third kappa shape index (κ3) is 6.25. The first-order valence-electron chi connectivity index (χ1n) is 12.0. The quantitative estimate of drug-likeness (QED) is 0.521. The largest absolute Gasteiger partial charge is 0.444 e. The molecule has 3 rings (SSSR count). The molecule has 1 aliphatic heterocycles. The van der Waals surface area contributed by atoms with Gasteiger partial charge in [0.2, 0.25) is 5.91 Å². The van der Waals surface area contributed by atoms with Gasteiger partial charge in [-0.3, -0.25) is 4.79 Å². The number of hydrogen-bond donors (Lipinski definition) is 3. The fourth-order valence-electron chi connectivity index (χ4n) is 4.87. The Hall–Kier alpha value is -2.16. The molecule has 0 spiro atoms. The predicted molar refractivity (Wildman–Crippen MR) is 124 cm³/mol. The molecule has 0 saturated carbocycles. The highest BCUT2D eigenvalue weighted by Crippen LogP contribution is 2.37. The fourth-order valence-corrected chi connectivity index (χ4v) is 4.87. The summed E-state index contributed by atoms with van der Waals surface area (Å²) in [5.41, 5.74) is 2.04. The van der Waals surface area contributed by atoms with Gasteiger partial charge in [-0.05, 0) is 37.3 Å². The first-order valence-corrected chi connectivity index (χ1v) is 12.0. The minimum Gasteiger partial charge on any atom is -0.444 e. The molecule has 8 nitrogen and oxygen atoms in total. The predicted octanol–water partition coefficient (Wildman–Crippen LogP) is 2.56. The van der Waals surface area contributed by atoms with Crippen molar-refractivity contribution in [2.75, 3.05) is 13.2 Å². The number of ether oxygens (including phenoxy) is 2. The molecule has 3 N–H and O–H groups in total. The van der Waals surface area contributed by atoms with Crippen molar-refractivity contribution in [1.29, 1.82) is 0 Å². The fraction of sp³-hybridized carbons (Fsp3) is 0.680. The van der Waals surface area contributed by atoms with Gasteiger partial charge in [-0.1, -0.05) is 38.1 Å². The average Bonchev–Trinajstić information content (AvgIpc) is 3.37. The number of amides is 2. The van der Waals surface area contributed by atoms with Crippen LogP contribution in [-0.4, -0.2) is 70.7 Å². The first-order chi connectivity index (χ1) is 15.7. The minimum atomic E-state index is -0.906. The molecule has 1 heterocycles. The summed E-state index contributed by atoms with van der Waals surface area (Å²) in [6, 6.07) is 6.77. The average molecular weight is 463 g/mol. The van der Waals surface area contributed by atoms with Crippen molar-refractivity contribution in [1.82, 2.24) is 10.2 Å². The number of nitrogens with zero attached hydrogens (tertiary/aromatic N) is 1. The summed E-state index contributed by atoms with van der Waals surface area (Å²) >= 11 is 0. The second-order valence-corrected chi connectivity index (χ2v) is 9.72. The summed E-state index contributed by atoms with van der Waals surface area (Å²) in [4.78, 5) is 27.3. The van der Waals surface area contributed by atoms with Crippen molar-refractivity contribution in [3.8, 4) is 0 Å². The summed E-state index contributed by atoms with van der Waals surface area (Å²) in [5, 5.41) is 24.3. The monoisotopic (exact) mass is 462 g/mol. The number of nitrogens with one attached hydrogen (secondary N) is 1. The Labute approximate surface area is 196 Å². The van der Waals surface area contributed by atoms with Gasteiger partial charge in [0, 0.05) is 25.3 Å². The maximum Gasteiger partial charge on any atom is 0.407 e. The molecular weight excluding hydrogens is 424 g/mol. The zero-order valence-corrected chi connectivity index (χ0v) is 20.1. The lowest BCUT2D eigenvalue weighted by Crippen LogP contribution is -2.48. The molecule has 0 unspecified atom stereocenters. The molecule has 8 heteroatoms. The lowest BCUT2D eigenvalue weighted by atomic mass is 9.95. The molecule has 184 valence electrons. The molecule has 1 aromatic rings. The lowest BCUT2D eigenvalue weighted by molar-refractivity contribution is -0.139. The van der Waals surface area contributed by atoms with Crippen molar-refractivity contribution in [2.45, 2.75) is 89.8 Å². The van der Waals surface area contributed by atoms with E-state index in [2.05, 4.69) is 5.32 Å². The first kappa shape index (κ1) is 25.5. The molecule has 1 aliphatic carbocycles. The van der Waals surface area contributed by atoms with E-state index < -0.39 is 30.4 Å². The van der Waals surface area contributed by atoms with E-state index in [1.165, 1.54) is 0 Å². The van der Waals surface area contributed by atoms with E-state index in [1.807, 2.05) is 52.0 Å². The van der Waals surface area contributed by atoms with E-state index >= 15 is 0 Å². The number of fused-ring (bicyclic) bond motifs is 1. The molecule has 1 aromatic carbocycles. The summed E-state index contributed by atoms with van der Waals surface area (Å²) in [6.45, 7) is 8.63. The molecule has 2 amide bonds. The van der Waals surface area contributed by atoms with Crippen molar-refractivity contribution in [2.24, 2.45) is 5.92 Å². The van der Waals surface area contributed by atoms with Crippen LogP contribution in [-0.2, 0) is 20.7 Å². The van der Waals surface area contributed by atoms with Gasteiger partial charge in [-0.25, -0.2) is 4.79 Å². The number of hydrogen-bond acceptors (Lipinski definition) is 6. The van der Waals surface area contributed by atoms with Crippen molar-refractivity contribution in [3.05, 3.63) is 35.4 Å². The molecule has 0 bridgehead atoms. The van der Waals surface area contributed by atoms with Gasteiger partial charge >= 0.3 is 6.09 Å². The van der Waals surface area contributed by atoms with Crippen LogP contribution in [0, 0.1) is 5.92 Å². The summed E-state index contributed by atoms with van der Waals surface area (Å²) in [7, 11) is 0. The Bertz CT molecular complexity index is 808. The standard InChI is InChI=1S/C25H38N2O6/c1-15(2)23(26-25(31)33-18-11-12-32-14-18)20(28)9-10-22(30)27(16(3)4)24-19-8-6-5-7-17(19)13-21(24)29/h5-8,15-16,18,20-21,23-24,28-29H,9-14H2,1-4H3,(H,26,31)/t18-,20-,21+,23-,24-/m0/s1. The van der Waals surface area contributed by atoms with E-state index in [0.29, 0.717) is 26.1 Å². The van der Waals surface area contributed by atoms with Gasteiger partial charge in [0.1, 0.15) is 6.10 Å². The number of aliphatic hydroxyl groups excluding tert-OH is 2. The number of carbonyl (C=O) groups excluding carboxylic acids is 2. The van der Waals surface area contributed by atoms with E-state index in [9.17, 15) is 19.8 Å². The van der Waals surface area contributed by atoms with Gasteiger partial charge in [-0.2, -0.15) is 0 Å². The molecular formula is C25H38N2O6. The van der Waals surface area contributed by atoms with E-state index in [-0.39, 0.29) is 36.8 Å². The zero-order valence-electron chi connectivity index (χ0n) is 20.1. The van der Waals surface area contributed by atoms with Crippen LogP contribution in [0.3, 0.4) is 0 Å². The van der Waals surface area contributed by atoms with Crippen LogP contribution in [0.2, 0.25) is 0 Å². The molecule has 33 heavy (non-hydrogen) atoms. The van der Waals surface area contributed by atoms with E-state index in [0.717, 1.165) is 11.1 Å². The highest BCUT2D eigenvalue weighted by molar-refractivity contribution is 5.77. The topological polar surface area (TPSA) is 108 Å². The van der Waals surface area contributed by atoms with Crippen molar-refractivity contribution < 1.29 is 29.3 Å². The second-order valence-electron chi connectivity index (χ2n) is 9.72. The third-order valence-electron chi connectivity index (χ3n) is 6.54. The van der Waals surface area contributed by atoms with Gasteiger partial charge in [-0.15, -0.1) is 0 Å². The number of alkyl carbamates (subject to hydrolysis) is 1. The summed E-state index contributed by atoms with van der Waals surface area (Å²) in [6.07, 6.45) is -0.912. The van der Waals surface area contributed by atoms with E-state index in [4.69, 9.17) is 9.47 Å². The smallest absolute Gasteiger partial charge is 0.407 e. The molecule has 1 saturated heterocycles. The van der Waals surface area contributed by atoms with Crippen LogP contribution >= 0.6 is 0 Å². The van der Waals surface area contributed by atoms with Crippen LogP contribution in [0.25, 0.3) is 0 Å². The minimum absolute atomic E-state index is 0.0489. The third-order valence-corrected chi connectivity index (χ3v) is 6.54. The molecule has 2 aliphatic rings. The molecule has 0 radical (unpaired) electrons. The van der Waals surface area contributed by atoms with Gasteiger partial charge in [0.15, 0.2) is 0 Å². The zero-order chi connectivity index (χ0) is 24.1. The summed E-state index contributed by atoms with van der Waals surface area (Å²) in [5.74, 6) is -0.176. The highest BCUT2D eigenvalue weighted by atomic mass is 16.6. The Balaban J connectivity index is 1.61.